The molecule has 192 valence electrons. The molecule has 0 atom stereocenters. The van der Waals surface area contributed by atoms with E-state index in [2.05, 4.69) is 15.8 Å². The van der Waals surface area contributed by atoms with E-state index in [9.17, 15) is 14.4 Å². The number of hydrazone groups is 1. The number of ether oxygens (including phenoxy) is 2. The Kier molecular flexibility index (Phi) is 8.79. The van der Waals surface area contributed by atoms with Crippen molar-refractivity contribution in [2.24, 2.45) is 10.5 Å². The molecule has 0 aliphatic rings. The number of anilines is 1. The first-order chi connectivity index (χ1) is 17.6. The third-order valence-electron chi connectivity index (χ3n) is 5.19. The Morgan fingerprint density at radius 1 is 0.919 bits per heavy atom. The maximum atomic E-state index is 12.5. The summed E-state index contributed by atoms with van der Waals surface area (Å²) < 4.78 is 11.2. The number of esters is 1. The van der Waals surface area contributed by atoms with Gasteiger partial charge in [-0.2, -0.15) is 5.10 Å². The van der Waals surface area contributed by atoms with Crippen LogP contribution in [0.4, 0.5) is 5.69 Å². The molecule has 3 aromatic rings. The van der Waals surface area contributed by atoms with Gasteiger partial charge in [0.05, 0.1) is 18.4 Å². The molecular weight excluding hydrogens is 470 g/mol. The van der Waals surface area contributed by atoms with Gasteiger partial charge in [0, 0.05) is 16.7 Å². The number of hydrogen-bond acceptors (Lipinski definition) is 6. The quantitative estimate of drug-likeness (QED) is 0.187. The number of nitrogens with one attached hydrogen (secondary N) is 2. The van der Waals surface area contributed by atoms with Crippen LogP contribution in [-0.2, 0) is 4.79 Å². The van der Waals surface area contributed by atoms with Crippen LogP contribution in [0.15, 0.2) is 71.8 Å². The van der Waals surface area contributed by atoms with Gasteiger partial charge in [-0.15, -0.1) is 0 Å². The lowest BCUT2D eigenvalue weighted by atomic mass is 9.95. The normalized spacial score (nSPS) is 11.2. The topological polar surface area (TPSA) is 106 Å². The third kappa shape index (κ3) is 7.76. The smallest absolute Gasteiger partial charge is 0.343 e. The summed E-state index contributed by atoms with van der Waals surface area (Å²) >= 11 is 0. The van der Waals surface area contributed by atoms with Gasteiger partial charge in [0.1, 0.15) is 0 Å². The Morgan fingerprint density at radius 2 is 1.65 bits per heavy atom. The van der Waals surface area contributed by atoms with Crippen molar-refractivity contribution in [1.82, 2.24) is 5.43 Å². The molecule has 0 unspecified atom stereocenters. The predicted molar refractivity (Wildman–Crippen MR) is 143 cm³/mol. The Hall–Kier alpha value is -4.46. The van der Waals surface area contributed by atoms with Crippen molar-refractivity contribution in [3.8, 4) is 11.5 Å². The van der Waals surface area contributed by atoms with Gasteiger partial charge in [-0.25, -0.2) is 10.2 Å². The molecule has 2 amide bonds. The van der Waals surface area contributed by atoms with Crippen LogP contribution in [0.1, 0.15) is 59.5 Å². The molecule has 0 saturated carbocycles. The number of hydrogen-bond donors (Lipinski definition) is 2. The Morgan fingerprint density at radius 3 is 2.30 bits per heavy atom. The summed E-state index contributed by atoms with van der Waals surface area (Å²) in [5.74, 6) is -0.336. The molecule has 8 heteroatoms. The first-order valence-electron chi connectivity index (χ1n) is 11.9. The third-order valence-corrected chi connectivity index (χ3v) is 5.19. The lowest BCUT2D eigenvalue weighted by Crippen LogP contribution is -2.27. The average Bonchev–Trinajstić information content (AvgIpc) is 2.85. The van der Waals surface area contributed by atoms with Crippen LogP contribution in [0.2, 0.25) is 0 Å². The average molecular weight is 502 g/mol. The molecule has 0 bridgehead atoms. The van der Waals surface area contributed by atoms with Crippen molar-refractivity contribution < 1.29 is 23.9 Å². The fraction of sp³-hybridized carbons (Fsp3) is 0.241. The molecule has 2 N–H and O–H groups in total. The number of nitrogens with zero attached hydrogens (tertiary/aromatic N) is 1. The van der Waals surface area contributed by atoms with E-state index in [1.54, 1.807) is 60.7 Å². The zero-order chi connectivity index (χ0) is 27.0. The summed E-state index contributed by atoms with van der Waals surface area (Å²) in [7, 11) is 0. The minimum absolute atomic E-state index is 0.114. The fourth-order valence-corrected chi connectivity index (χ4v) is 3.14. The van der Waals surface area contributed by atoms with E-state index in [-0.39, 0.29) is 11.7 Å². The van der Waals surface area contributed by atoms with Crippen LogP contribution in [0, 0.1) is 12.3 Å². The highest BCUT2D eigenvalue weighted by Crippen LogP contribution is 2.29. The number of rotatable bonds is 8. The largest absolute Gasteiger partial charge is 0.490 e. The molecule has 3 aromatic carbocycles. The van der Waals surface area contributed by atoms with Crippen LogP contribution < -0.4 is 20.2 Å². The summed E-state index contributed by atoms with van der Waals surface area (Å²) in [6.07, 6.45) is 1.46. The molecule has 37 heavy (non-hydrogen) atoms. The molecule has 3 rings (SSSR count). The molecule has 0 saturated heterocycles. The molecule has 0 spiro atoms. The molecule has 0 aliphatic heterocycles. The highest BCUT2D eigenvalue weighted by molar-refractivity contribution is 5.97. The van der Waals surface area contributed by atoms with Crippen molar-refractivity contribution >= 4 is 29.7 Å². The molecule has 0 heterocycles. The monoisotopic (exact) mass is 501 g/mol. The Labute approximate surface area is 216 Å². The van der Waals surface area contributed by atoms with Gasteiger partial charge in [0.2, 0.25) is 5.91 Å². The number of aryl methyl sites for hydroxylation is 1. The maximum Gasteiger partial charge on any atom is 0.343 e. The van der Waals surface area contributed by atoms with Crippen LogP contribution in [0.5, 0.6) is 11.5 Å². The van der Waals surface area contributed by atoms with Crippen molar-refractivity contribution in [3.63, 3.8) is 0 Å². The van der Waals surface area contributed by atoms with Gasteiger partial charge >= 0.3 is 5.97 Å². The summed E-state index contributed by atoms with van der Waals surface area (Å²) in [5, 5.41) is 6.83. The maximum absolute atomic E-state index is 12.5. The number of benzene rings is 3. The molecule has 0 fully saturated rings. The fourth-order valence-electron chi connectivity index (χ4n) is 3.14. The summed E-state index contributed by atoms with van der Waals surface area (Å²) in [4.78, 5) is 37.1. The predicted octanol–water partition coefficient (Wildman–Crippen LogP) is 5.36. The van der Waals surface area contributed by atoms with Crippen LogP contribution in [-0.4, -0.2) is 30.6 Å². The molecule has 0 radical (unpaired) electrons. The second-order valence-electron chi connectivity index (χ2n) is 9.38. The van der Waals surface area contributed by atoms with Gasteiger partial charge < -0.3 is 14.8 Å². The Bertz CT molecular complexity index is 1310. The van der Waals surface area contributed by atoms with E-state index in [1.165, 1.54) is 6.21 Å². The lowest BCUT2D eigenvalue weighted by Gasteiger charge is -2.17. The number of amides is 2. The van der Waals surface area contributed by atoms with Gasteiger partial charge in [0.25, 0.3) is 5.91 Å². The highest BCUT2D eigenvalue weighted by atomic mass is 16.6. The van der Waals surface area contributed by atoms with E-state index in [1.807, 2.05) is 40.7 Å². The lowest BCUT2D eigenvalue weighted by molar-refractivity contribution is -0.123. The molecule has 0 aromatic heterocycles. The zero-order valence-electron chi connectivity index (χ0n) is 21.6. The van der Waals surface area contributed by atoms with E-state index in [4.69, 9.17) is 9.47 Å². The van der Waals surface area contributed by atoms with Gasteiger partial charge in [0.15, 0.2) is 11.5 Å². The van der Waals surface area contributed by atoms with Crippen LogP contribution in [0.25, 0.3) is 0 Å². The van der Waals surface area contributed by atoms with E-state index in [0.717, 1.165) is 5.56 Å². The second-order valence-corrected chi connectivity index (χ2v) is 9.38. The standard InChI is InChI=1S/C29H31N3O5/c1-6-36-25-17-20(10-15-24(25)37-27(34)22-9-7-8-19(2)16-22)18-30-32-26(33)21-11-13-23(14-12-21)31-28(35)29(3,4)5/h7-18H,6H2,1-5H3,(H,31,35)(H,32,33)/b30-18-. The SMILES string of the molecule is CCOc1cc(/C=N\NC(=O)c2ccc(NC(=O)C(C)(C)C)cc2)ccc1OC(=O)c1cccc(C)c1. The molecule has 8 nitrogen and oxygen atoms in total. The zero-order valence-corrected chi connectivity index (χ0v) is 21.6. The van der Waals surface area contributed by atoms with Gasteiger partial charge in [-0.1, -0.05) is 38.5 Å². The summed E-state index contributed by atoms with van der Waals surface area (Å²) in [5.41, 5.74) is 4.98. The van der Waals surface area contributed by atoms with Crippen molar-refractivity contribution in [3.05, 3.63) is 89.0 Å². The van der Waals surface area contributed by atoms with Gasteiger partial charge in [-0.3, -0.25) is 9.59 Å². The number of carbonyl (C=O) groups excluding carboxylic acids is 3. The summed E-state index contributed by atoms with van der Waals surface area (Å²) in [6, 6.07) is 18.7. The van der Waals surface area contributed by atoms with Crippen LogP contribution >= 0.6 is 0 Å². The van der Waals surface area contributed by atoms with E-state index >= 15 is 0 Å². The molecular formula is C29H31N3O5. The first kappa shape index (κ1) is 27.1. The highest BCUT2D eigenvalue weighted by Gasteiger charge is 2.21. The van der Waals surface area contributed by atoms with Gasteiger partial charge in [-0.05, 0) is 74.0 Å². The van der Waals surface area contributed by atoms with Crippen molar-refractivity contribution in [2.75, 3.05) is 11.9 Å². The summed E-state index contributed by atoms with van der Waals surface area (Å²) in [6.45, 7) is 9.57. The molecule has 0 aliphatic carbocycles. The Balaban J connectivity index is 1.63. The first-order valence-corrected chi connectivity index (χ1v) is 11.9. The van der Waals surface area contributed by atoms with Crippen molar-refractivity contribution in [2.45, 2.75) is 34.6 Å². The van der Waals surface area contributed by atoms with E-state index in [0.29, 0.717) is 34.7 Å². The number of carbonyl (C=O) groups is 3. The van der Waals surface area contributed by atoms with E-state index < -0.39 is 17.3 Å². The minimum Gasteiger partial charge on any atom is -0.490 e. The van der Waals surface area contributed by atoms with Crippen molar-refractivity contribution in [1.29, 1.82) is 0 Å². The van der Waals surface area contributed by atoms with Crippen LogP contribution in [0.3, 0.4) is 0 Å². The second kappa shape index (κ2) is 12.0. The minimum atomic E-state index is -0.520.